The van der Waals surface area contributed by atoms with E-state index >= 15 is 0 Å². The van der Waals surface area contributed by atoms with E-state index in [-0.39, 0.29) is 5.88 Å². The molecule has 3 nitrogen and oxygen atoms in total. The molecule has 20 heavy (non-hydrogen) atoms. The van der Waals surface area contributed by atoms with Gasteiger partial charge in [-0.15, -0.1) is 17.9 Å². The van der Waals surface area contributed by atoms with Crippen molar-refractivity contribution in [3.8, 4) is 5.88 Å². The van der Waals surface area contributed by atoms with Crippen LogP contribution in [0.5, 0.6) is 5.88 Å². The molecular weight excluding hydrogens is 288 g/mol. The number of aliphatic imine (C=N–C) groups is 1. The number of aromatic nitrogens is 1. The molecule has 0 unspecified atom stereocenters. The summed E-state index contributed by atoms with van der Waals surface area (Å²) < 4.78 is 2.30. The highest BCUT2D eigenvalue weighted by atomic mass is 32.1. The summed E-state index contributed by atoms with van der Waals surface area (Å²) in [5.74, 6) is 0.185. The van der Waals surface area contributed by atoms with Crippen LogP contribution in [-0.2, 0) is 6.54 Å². The Morgan fingerprint density at radius 3 is 3.00 bits per heavy atom. The van der Waals surface area contributed by atoms with Gasteiger partial charge in [0.2, 0.25) is 5.88 Å². The zero-order chi connectivity index (χ0) is 14.1. The molecule has 0 saturated heterocycles. The lowest BCUT2D eigenvalue weighted by atomic mass is 10.1. The quantitative estimate of drug-likeness (QED) is 0.672. The van der Waals surface area contributed by atoms with Crippen LogP contribution in [0.4, 0.5) is 5.69 Å². The molecule has 0 fully saturated rings. The van der Waals surface area contributed by atoms with Crippen LogP contribution in [0.25, 0.3) is 11.6 Å². The lowest BCUT2D eigenvalue weighted by Gasteiger charge is -2.00. The minimum atomic E-state index is 0.185. The minimum Gasteiger partial charge on any atom is -0.493 e. The zero-order valence-corrected chi connectivity index (χ0v) is 12.2. The second kappa shape index (κ2) is 5.19. The van der Waals surface area contributed by atoms with E-state index in [1.807, 2.05) is 36.6 Å². The normalized spacial score (nSPS) is 14.7. The van der Waals surface area contributed by atoms with E-state index in [2.05, 4.69) is 11.6 Å². The van der Waals surface area contributed by atoms with Crippen molar-refractivity contribution in [2.75, 3.05) is 0 Å². The maximum Gasteiger partial charge on any atom is 0.210 e. The number of hydrogen-bond acceptors (Lipinski definition) is 4. The smallest absolute Gasteiger partial charge is 0.210 e. The Morgan fingerprint density at radius 1 is 1.40 bits per heavy atom. The Bertz CT molecular complexity index is 796. The molecule has 2 aromatic rings. The standard InChI is InChI=1S/C15H12N2OS2/c1-2-7-17-14(18)13(20-15(17)19)8-10-9-16-12-6-4-3-5-11(10)12/h2-6,8-9,18H,1,7H2/b10-8-. The van der Waals surface area contributed by atoms with Crippen LogP contribution in [0.2, 0.25) is 0 Å². The minimum absolute atomic E-state index is 0.185. The highest BCUT2D eigenvalue weighted by molar-refractivity contribution is 7.73. The van der Waals surface area contributed by atoms with Crippen LogP contribution in [0.3, 0.4) is 0 Å². The van der Waals surface area contributed by atoms with Crippen LogP contribution in [0.1, 0.15) is 10.4 Å². The summed E-state index contributed by atoms with van der Waals surface area (Å²) in [4.78, 5) is 5.10. The summed E-state index contributed by atoms with van der Waals surface area (Å²) in [6, 6.07) is 7.93. The monoisotopic (exact) mass is 300 g/mol. The Morgan fingerprint density at radius 2 is 2.20 bits per heavy atom. The molecule has 1 aliphatic heterocycles. The molecule has 1 aromatic carbocycles. The van der Waals surface area contributed by atoms with Crippen LogP contribution in [-0.4, -0.2) is 15.9 Å². The lowest BCUT2D eigenvalue weighted by molar-refractivity contribution is 0.424. The number of para-hydroxylation sites is 1. The molecule has 3 rings (SSSR count). The first-order chi connectivity index (χ1) is 9.70. The third-order valence-electron chi connectivity index (χ3n) is 3.05. The molecule has 0 bridgehead atoms. The van der Waals surface area contributed by atoms with Gasteiger partial charge >= 0.3 is 0 Å². The molecule has 1 aromatic heterocycles. The molecule has 1 aliphatic rings. The Labute approximate surface area is 125 Å². The summed E-state index contributed by atoms with van der Waals surface area (Å²) in [5.41, 5.74) is 3.01. The predicted octanol–water partition coefficient (Wildman–Crippen LogP) is 4.43. The summed E-state index contributed by atoms with van der Waals surface area (Å²) in [5, 5.41) is 10.2. The van der Waals surface area contributed by atoms with Crippen molar-refractivity contribution in [3.63, 3.8) is 0 Å². The van der Waals surface area contributed by atoms with Crippen LogP contribution in [0.15, 0.2) is 41.9 Å². The van der Waals surface area contributed by atoms with Gasteiger partial charge in [0.25, 0.3) is 0 Å². The number of fused-ring (bicyclic) bond motifs is 1. The van der Waals surface area contributed by atoms with Crippen LogP contribution < -0.4 is 0 Å². The second-order valence-corrected chi connectivity index (χ2v) is 6.01. The van der Waals surface area contributed by atoms with Gasteiger partial charge in [-0.3, -0.25) is 9.56 Å². The van der Waals surface area contributed by atoms with Crippen molar-refractivity contribution < 1.29 is 5.11 Å². The van der Waals surface area contributed by atoms with E-state index in [0.717, 1.165) is 21.7 Å². The number of aromatic hydroxyl groups is 1. The van der Waals surface area contributed by atoms with Crippen molar-refractivity contribution >= 4 is 47.1 Å². The van der Waals surface area contributed by atoms with Gasteiger partial charge in [0.1, 0.15) is 0 Å². The first kappa shape index (κ1) is 13.0. The van der Waals surface area contributed by atoms with Gasteiger partial charge in [0, 0.05) is 23.9 Å². The average Bonchev–Trinajstić information content (AvgIpc) is 2.97. The van der Waals surface area contributed by atoms with Crippen molar-refractivity contribution in [1.29, 1.82) is 0 Å². The highest BCUT2D eigenvalue weighted by Crippen LogP contribution is 2.35. The third kappa shape index (κ3) is 2.15. The molecule has 2 heterocycles. The van der Waals surface area contributed by atoms with E-state index in [4.69, 9.17) is 12.2 Å². The van der Waals surface area contributed by atoms with Crippen molar-refractivity contribution in [3.05, 3.63) is 51.3 Å². The SMILES string of the molecule is C=CCn1c(O)c(/C=C2/C=Nc3ccccc32)sc1=S. The molecule has 5 heteroatoms. The molecule has 0 amide bonds. The number of benzene rings is 1. The van der Waals surface area contributed by atoms with Gasteiger partial charge in [-0.2, -0.15) is 0 Å². The highest BCUT2D eigenvalue weighted by Gasteiger charge is 2.14. The van der Waals surface area contributed by atoms with Gasteiger partial charge in [0.05, 0.1) is 10.6 Å². The number of thiazole rings is 1. The van der Waals surface area contributed by atoms with Gasteiger partial charge in [-0.25, -0.2) is 0 Å². The topological polar surface area (TPSA) is 37.5 Å². The third-order valence-corrected chi connectivity index (χ3v) is 4.44. The van der Waals surface area contributed by atoms with E-state index < -0.39 is 0 Å². The van der Waals surface area contributed by atoms with Gasteiger partial charge < -0.3 is 5.11 Å². The summed E-state index contributed by atoms with van der Waals surface area (Å²) in [7, 11) is 0. The fourth-order valence-electron chi connectivity index (χ4n) is 2.09. The van der Waals surface area contributed by atoms with Crippen LogP contribution in [0, 0.1) is 3.95 Å². The number of rotatable bonds is 3. The fourth-order valence-corrected chi connectivity index (χ4v) is 3.37. The van der Waals surface area contributed by atoms with Crippen LogP contribution >= 0.6 is 23.6 Å². The van der Waals surface area contributed by atoms with Crippen molar-refractivity contribution in [2.24, 2.45) is 4.99 Å². The van der Waals surface area contributed by atoms with E-state index in [9.17, 15) is 5.11 Å². The van der Waals surface area contributed by atoms with Crippen molar-refractivity contribution in [1.82, 2.24) is 4.57 Å². The van der Waals surface area contributed by atoms with E-state index in [0.29, 0.717) is 10.5 Å². The molecule has 0 radical (unpaired) electrons. The molecule has 0 saturated carbocycles. The Balaban J connectivity index is 2.07. The van der Waals surface area contributed by atoms with Gasteiger partial charge in [0.15, 0.2) is 3.95 Å². The number of allylic oxidation sites excluding steroid dienone is 2. The van der Waals surface area contributed by atoms with Crippen molar-refractivity contribution in [2.45, 2.75) is 6.54 Å². The second-order valence-electron chi connectivity index (χ2n) is 4.33. The Kier molecular flexibility index (Phi) is 3.38. The summed E-state index contributed by atoms with van der Waals surface area (Å²) >= 11 is 6.64. The maximum absolute atomic E-state index is 10.2. The molecule has 0 aliphatic carbocycles. The van der Waals surface area contributed by atoms with E-state index in [1.54, 1.807) is 10.6 Å². The largest absolute Gasteiger partial charge is 0.493 e. The van der Waals surface area contributed by atoms with Gasteiger partial charge in [-0.05, 0) is 24.4 Å². The van der Waals surface area contributed by atoms with Gasteiger partial charge in [-0.1, -0.05) is 24.3 Å². The molecule has 1 N–H and O–H groups in total. The molecule has 0 atom stereocenters. The first-order valence-corrected chi connectivity index (χ1v) is 7.32. The molecule has 100 valence electrons. The van der Waals surface area contributed by atoms with E-state index in [1.165, 1.54) is 11.3 Å². The number of nitrogens with zero attached hydrogens (tertiary/aromatic N) is 2. The molecule has 0 spiro atoms. The maximum atomic E-state index is 10.2. The predicted molar refractivity (Wildman–Crippen MR) is 87.5 cm³/mol. The average molecular weight is 300 g/mol. The number of hydrogen-bond donors (Lipinski definition) is 1. The fraction of sp³-hybridized carbons (Fsp3) is 0.0667. The lowest BCUT2D eigenvalue weighted by Crippen LogP contribution is -1.93. The molecular formula is C15H12N2OS2. The Hall–Kier alpha value is -1.98. The summed E-state index contributed by atoms with van der Waals surface area (Å²) in [6.45, 7) is 4.18. The first-order valence-electron chi connectivity index (χ1n) is 6.09. The zero-order valence-electron chi connectivity index (χ0n) is 10.6. The summed E-state index contributed by atoms with van der Waals surface area (Å²) in [6.07, 6.45) is 5.45.